The molecule has 0 bridgehead atoms. The fourth-order valence-electron chi connectivity index (χ4n) is 4.38. The van der Waals surface area contributed by atoms with Gasteiger partial charge in [0.15, 0.2) is 0 Å². The highest BCUT2D eigenvalue weighted by molar-refractivity contribution is 7.91. The number of aliphatic hydroxyl groups excluding tert-OH is 1. The molecular formula is C22H27F3N6O2S. The van der Waals surface area contributed by atoms with E-state index in [0.29, 0.717) is 23.9 Å². The van der Waals surface area contributed by atoms with Crippen LogP contribution in [0.1, 0.15) is 50.6 Å². The van der Waals surface area contributed by atoms with Crippen molar-refractivity contribution in [3.63, 3.8) is 0 Å². The summed E-state index contributed by atoms with van der Waals surface area (Å²) in [6, 6.07) is 4.40. The minimum Gasteiger partial charge on any atom is -0.393 e. The summed E-state index contributed by atoms with van der Waals surface area (Å²) in [5.41, 5.74) is 2.96. The zero-order valence-electron chi connectivity index (χ0n) is 18.8. The van der Waals surface area contributed by atoms with Crippen LogP contribution in [0.2, 0.25) is 0 Å². The first-order valence-corrected chi connectivity index (χ1v) is 13.0. The molecule has 2 atom stereocenters. The van der Waals surface area contributed by atoms with Gasteiger partial charge >= 0.3 is 6.18 Å². The number of aromatic nitrogens is 4. The van der Waals surface area contributed by atoms with Crippen molar-refractivity contribution in [3.05, 3.63) is 36.3 Å². The minimum atomic E-state index is -4.31. The van der Waals surface area contributed by atoms with E-state index in [0.717, 1.165) is 24.1 Å². The number of anilines is 1. The Labute approximate surface area is 195 Å². The van der Waals surface area contributed by atoms with Crippen molar-refractivity contribution in [2.24, 2.45) is 0 Å². The zero-order valence-corrected chi connectivity index (χ0v) is 19.7. The topological polar surface area (TPSA) is 116 Å². The molecule has 4 rings (SSSR count). The quantitative estimate of drug-likeness (QED) is 0.459. The molecule has 3 aromatic rings. The van der Waals surface area contributed by atoms with Crippen LogP contribution in [0.5, 0.6) is 0 Å². The maximum Gasteiger partial charge on any atom is 0.391 e. The first-order valence-electron chi connectivity index (χ1n) is 11.0. The van der Waals surface area contributed by atoms with Crippen LogP contribution >= 0.6 is 0 Å². The molecule has 1 saturated carbocycles. The lowest BCUT2D eigenvalue weighted by Crippen LogP contribution is -2.25. The van der Waals surface area contributed by atoms with Gasteiger partial charge in [-0.05, 0) is 56.4 Å². The van der Waals surface area contributed by atoms with Crippen molar-refractivity contribution in [1.29, 1.82) is 4.78 Å². The first kappa shape index (κ1) is 24.4. The molecule has 1 fully saturated rings. The molecule has 0 aromatic carbocycles. The Morgan fingerprint density at radius 2 is 1.97 bits per heavy atom. The van der Waals surface area contributed by atoms with Gasteiger partial charge < -0.3 is 10.4 Å². The van der Waals surface area contributed by atoms with Crippen molar-refractivity contribution in [2.75, 3.05) is 11.6 Å². The van der Waals surface area contributed by atoms with E-state index in [4.69, 9.17) is 4.78 Å². The largest absolute Gasteiger partial charge is 0.393 e. The van der Waals surface area contributed by atoms with E-state index in [1.807, 2.05) is 6.07 Å². The zero-order chi connectivity index (χ0) is 24.7. The second-order valence-corrected chi connectivity index (χ2v) is 11.1. The van der Waals surface area contributed by atoms with Crippen LogP contribution in [0, 0.1) is 4.78 Å². The highest BCUT2D eigenvalue weighted by Crippen LogP contribution is 2.38. The monoisotopic (exact) mass is 496 g/mol. The molecule has 8 nitrogen and oxygen atoms in total. The van der Waals surface area contributed by atoms with Crippen LogP contribution in [0.4, 0.5) is 19.1 Å². The highest BCUT2D eigenvalue weighted by atomic mass is 32.2. The fraction of sp³-hybridized carbons (Fsp3) is 0.500. The van der Waals surface area contributed by atoms with Gasteiger partial charge in [-0.1, -0.05) is 0 Å². The molecule has 3 aromatic heterocycles. The molecule has 0 spiro atoms. The number of pyridine rings is 1. The Morgan fingerprint density at radius 3 is 2.62 bits per heavy atom. The molecule has 34 heavy (non-hydrogen) atoms. The molecule has 184 valence electrons. The van der Waals surface area contributed by atoms with Crippen LogP contribution in [0.3, 0.4) is 0 Å². The maximum absolute atomic E-state index is 12.8. The summed E-state index contributed by atoms with van der Waals surface area (Å²) in [7, 11) is -3.02. The first-order chi connectivity index (χ1) is 15.9. The average Bonchev–Trinajstić information content (AvgIpc) is 3.11. The van der Waals surface area contributed by atoms with Crippen LogP contribution < -0.4 is 5.32 Å². The Balaban J connectivity index is 1.78. The predicted octanol–water partition coefficient (Wildman–Crippen LogP) is 4.60. The van der Waals surface area contributed by atoms with E-state index in [2.05, 4.69) is 20.4 Å². The molecule has 3 N–H and O–H groups in total. The standard InChI is InChI=1S/C22H27F3N6O2S/c1-13(11-22(23,24)25)29-21-28-12-19-17(15-7-8-27-20(9-15)34(2,26)33)10-18(31(19)30-21)14-3-5-16(32)6-4-14/h7-10,12-14,16,26,32H,3-6,11H2,1-2H3,(H,29,30)/t13-,14?,16?,34-/m0/s1. The number of fused-ring (bicyclic) bond motifs is 1. The summed E-state index contributed by atoms with van der Waals surface area (Å²) >= 11 is 0. The Bertz CT molecular complexity index is 1280. The van der Waals surface area contributed by atoms with Crippen LogP contribution in [0.15, 0.2) is 35.6 Å². The molecule has 0 unspecified atom stereocenters. The van der Waals surface area contributed by atoms with Gasteiger partial charge in [0.05, 0.1) is 34.0 Å². The normalized spacial score (nSPS) is 21.8. The molecule has 0 aliphatic heterocycles. The average molecular weight is 497 g/mol. The lowest BCUT2D eigenvalue weighted by molar-refractivity contribution is -0.136. The van der Waals surface area contributed by atoms with Crippen molar-refractivity contribution < 1.29 is 22.5 Å². The molecule has 0 amide bonds. The third kappa shape index (κ3) is 5.49. The summed E-state index contributed by atoms with van der Waals surface area (Å²) in [4.78, 5) is 8.31. The molecule has 0 radical (unpaired) electrons. The van der Waals surface area contributed by atoms with E-state index in [1.54, 1.807) is 22.8 Å². The lowest BCUT2D eigenvalue weighted by Gasteiger charge is -2.25. The number of nitrogens with one attached hydrogen (secondary N) is 2. The van der Waals surface area contributed by atoms with E-state index in [1.165, 1.54) is 19.4 Å². The second kappa shape index (κ2) is 9.14. The number of hydrogen-bond donors (Lipinski definition) is 3. The van der Waals surface area contributed by atoms with Crippen molar-refractivity contribution in [3.8, 4) is 11.1 Å². The van der Waals surface area contributed by atoms with Crippen molar-refractivity contribution in [2.45, 2.75) is 68.3 Å². The smallest absolute Gasteiger partial charge is 0.391 e. The number of alkyl halides is 3. The second-order valence-electron chi connectivity index (χ2n) is 8.96. The van der Waals surface area contributed by atoms with Gasteiger partial charge in [0.25, 0.3) is 0 Å². The summed E-state index contributed by atoms with van der Waals surface area (Å²) in [6.45, 7) is 1.42. The van der Waals surface area contributed by atoms with Gasteiger partial charge in [0.2, 0.25) is 5.95 Å². The predicted molar refractivity (Wildman–Crippen MR) is 122 cm³/mol. The summed E-state index contributed by atoms with van der Waals surface area (Å²) in [5, 5.41) is 17.3. The summed E-state index contributed by atoms with van der Waals surface area (Å²) in [5.74, 6) is 0.189. The Kier molecular flexibility index (Phi) is 6.56. The van der Waals surface area contributed by atoms with Crippen LogP contribution in [-0.4, -0.2) is 53.5 Å². The van der Waals surface area contributed by atoms with Gasteiger partial charge in [-0.25, -0.2) is 23.5 Å². The number of nitrogens with zero attached hydrogens (tertiary/aromatic N) is 4. The minimum absolute atomic E-state index is 0.0849. The Morgan fingerprint density at radius 1 is 1.26 bits per heavy atom. The van der Waals surface area contributed by atoms with E-state index in [-0.39, 0.29) is 23.0 Å². The molecule has 1 aliphatic rings. The van der Waals surface area contributed by atoms with Crippen LogP contribution in [0.25, 0.3) is 16.6 Å². The number of aliphatic hydroxyl groups is 1. The van der Waals surface area contributed by atoms with Gasteiger partial charge in [-0.3, -0.25) is 0 Å². The van der Waals surface area contributed by atoms with Gasteiger partial charge in [0.1, 0.15) is 5.03 Å². The van der Waals surface area contributed by atoms with Crippen molar-refractivity contribution in [1.82, 2.24) is 19.6 Å². The summed E-state index contributed by atoms with van der Waals surface area (Å²) in [6.07, 6.45) is 1.51. The molecule has 12 heteroatoms. The third-order valence-electron chi connectivity index (χ3n) is 6.02. The maximum atomic E-state index is 12.8. The molecule has 0 saturated heterocycles. The van der Waals surface area contributed by atoms with Gasteiger partial charge in [-0.2, -0.15) is 13.2 Å². The van der Waals surface area contributed by atoms with Crippen LogP contribution in [-0.2, 0) is 9.73 Å². The summed E-state index contributed by atoms with van der Waals surface area (Å²) < 4.78 is 60.1. The molecule has 3 heterocycles. The van der Waals surface area contributed by atoms with Gasteiger partial charge in [-0.15, -0.1) is 5.10 Å². The highest BCUT2D eigenvalue weighted by Gasteiger charge is 2.30. The number of hydrogen-bond acceptors (Lipinski definition) is 7. The number of rotatable bonds is 6. The number of halogens is 3. The fourth-order valence-corrected chi connectivity index (χ4v) is 5.00. The third-order valence-corrected chi connectivity index (χ3v) is 7.04. The molecule has 1 aliphatic carbocycles. The van der Waals surface area contributed by atoms with E-state index < -0.39 is 28.4 Å². The lowest BCUT2D eigenvalue weighted by atomic mass is 9.85. The molecular weight excluding hydrogens is 469 g/mol. The van der Waals surface area contributed by atoms with E-state index >= 15 is 0 Å². The Hall–Kier alpha value is -2.73. The van der Waals surface area contributed by atoms with Crippen molar-refractivity contribution >= 4 is 21.2 Å². The van der Waals surface area contributed by atoms with E-state index in [9.17, 15) is 22.5 Å². The SMILES string of the molecule is C[C@@H](CC(F)(F)F)Nc1ncc2c(-c3ccnc([S@@](C)(=N)=O)c3)cc(C3CCC(O)CC3)n2n1. The van der Waals surface area contributed by atoms with Gasteiger partial charge in [0, 0.05) is 35.7 Å².